The average Bonchev–Trinajstić information content (AvgIpc) is 3.49. The van der Waals surface area contributed by atoms with E-state index in [0.29, 0.717) is 5.56 Å². The topological polar surface area (TPSA) is 135 Å². The van der Waals surface area contributed by atoms with E-state index in [1.165, 1.54) is 42.5 Å². The molecular formula is C31H18F4N6O3S. The number of pyridine rings is 1. The molecule has 14 heteroatoms. The van der Waals surface area contributed by atoms with Gasteiger partial charge in [0.25, 0.3) is 0 Å². The van der Waals surface area contributed by atoms with Crippen molar-refractivity contribution in [1.29, 1.82) is 5.26 Å². The number of nitrogens with zero attached hydrogens (tertiary/aromatic N) is 6. The Morgan fingerprint density at radius 2 is 1.71 bits per heavy atom. The van der Waals surface area contributed by atoms with Gasteiger partial charge in [0.05, 0.1) is 22.8 Å². The van der Waals surface area contributed by atoms with Gasteiger partial charge in [-0.05, 0) is 76.7 Å². The number of hydrogen-bond acceptors (Lipinski definition) is 8. The lowest BCUT2D eigenvalue weighted by molar-refractivity contribution is -0.207. The predicted octanol–water partition coefficient (Wildman–Crippen LogP) is 4.25. The molecule has 1 atom stereocenters. The van der Waals surface area contributed by atoms with Gasteiger partial charge in [0.1, 0.15) is 23.4 Å². The monoisotopic (exact) mass is 630 g/mol. The molecule has 5 aromatic rings. The molecule has 0 saturated heterocycles. The molecule has 224 valence electrons. The first-order chi connectivity index (χ1) is 21.4. The number of fused-ring (bicyclic) bond motifs is 3. The molecule has 2 aromatic heterocycles. The minimum Gasteiger partial charge on any atom is -0.377 e. The quantitative estimate of drug-likeness (QED) is 0.225. The Morgan fingerprint density at radius 3 is 2.40 bits per heavy atom. The Kier molecular flexibility index (Phi) is 7.19. The molecule has 1 unspecified atom stereocenters. The number of aliphatic hydroxyl groups is 1. The van der Waals surface area contributed by atoms with E-state index in [1.54, 1.807) is 6.07 Å². The minimum atomic E-state index is -3.96. The van der Waals surface area contributed by atoms with Crippen LogP contribution in [0.5, 0.6) is 0 Å². The zero-order chi connectivity index (χ0) is 32.0. The highest BCUT2D eigenvalue weighted by Gasteiger charge is 2.59. The molecule has 6 rings (SSSR count). The van der Waals surface area contributed by atoms with Crippen LogP contribution in [-0.2, 0) is 33.7 Å². The first-order valence-corrected chi connectivity index (χ1v) is 14.7. The maximum absolute atomic E-state index is 15.9. The molecule has 0 bridgehead atoms. The summed E-state index contributed by atoms with van der Waals surface area (Å²) in [5.41, 5.74) is -3.26. The summed E-state index contributed by atoms with van der Waals surface area (Å²) in [6.45, 7) is -0.708. The van der Waals surface area contributed by atoms with Crippen LogP contribution in [0.3, 0.4) is 0 Å². The van der Waals surface area contributed by atoms with E-state index in [4.69, 9.17) is 5.26 Å². The van der Waals surface area contributed by atoms with E-state index >= 15 is 8.78 Å². The van der Waals surface area contributed by atoms with Crippen LogP contribution in [0.15, 0.2) is 83.9 Å². The molecule has 0 amide bonds. The second kappa shape index (κ2) is 10.9. The third-order valence-corrected chi connectivity index (χ3v) is 8.96. The molecule has 45 heavy (non-hydrogen) atoms. The van der Waals surface area contributed by atoms with Crippen LogP contribution < -0.4 is 0 Å². The average molecular weight is 631 g/mol. The summed E-state index contributed by atoms with van der Waals surface area (Å²) in [5.74, 6) is -0.351. The number of sulfone groups is 1. The highest BCUT2D eigenvalue weighted by Crippen LogP contribution is 2.50. The molecule has 3 aromatic carbocycles. The van der Waals surface area contributed by atoms with Crippen molar-refractivity contribution in [3.63, 3.8) is 0 Å². The fourth-order valence-corrected chi connectivity index (χ4v) is 6.27. The largest absolute Gasteiger partial charge is 0.377 e. The number of hydrogen-bond donors (Lipinski definition) is 1. The zero-order valence-electron chi connectivity index (χ0n) is 22.8. The van der Waals surface area contributed by atoms with Gasteiger partial charge in [-0.1, -0.05) is 24.0 Å². The van der Waals surface area contributed by atoms with Crippen LogP contribution in [0.2, 0.25) is 0 Å². The molecule has 0 fully saturated rings. The molecular weight excluding hydrogens is 612 g/mol. The summed E-state index contributed by atoms with van der Waals surface area (Å²) in [5, 5.41) is 31.1. The van der Waals surface area contributed by atoms with Gasteiger partial charge in [-0.25, -0.2) is 21.9 Å². The SMILES string of the molecule is N#Cc1ccc(CS(=O)(=O)c2ccc(C#Cc3ccc(C(F)(F)C4(O)Cn5nnnc5-c5cc(F)ccc54)nc3)cc2)cc1F. The second-order valence-corrected chi connectivity index (χ2v) is 12.2. The number of tetrazole rings is 1. The van der Waals surface area contributed by atoms with E-state index in [2.05, 4.69) is 32.4 Å². The zero-order valence-corrected chi connectivity index (χ0v) is 23.6. The van der Waals surface area contributed by atoms with Crippen molar-refractivity contribution in [2.45, 2.75) is 28.7 Å². The van der Waals surface area contributed by atoms with Gasteiger partial charge in [-0.3, -0.25) is 4.98 Å². The molecule has 0 saturated carbocycles. The summed E-state index contributed by atoms with van der Waals surface area (Å²) >= 11 is 0. The van der Waals surface area contributed by atoms with Gasteiger partial charge >= 0.3 is 5.92 Å². The number of rotatable bonds is 5. The van der Waals surface area contributed by atoms with Gasteiger partial charge in [0, 0.05) is 28.5 Å². The summed E-state index contributed by atoms with van der Waals surface area (Å²) in [6.07, 6.45) is 1.10. The number of aromatic nitrogens is 5. The fraction of sp³-hybridized carbons (Fsp3) is 0.129. The lowest BCUT2D eigenvalue weighted by atomic mass is 9.80. The van der Waals surface area contributed by atoms with Gasteiger partial charge in [0.15, 0.2) is 21.3 Å². The lowest BCUT2D eigenvalue weighted by Gasteiger charge is -2.39. The highest BCUT2D eigenvalue weighted by molar-refractivity contribution is 7.90. The molecule has 1 aliphatic heterocycles. The van der Waals surface area contributed by atoms with Crippen molar-refractivity contribution >= 4 is 9.84 Å². The molecule has 0 spiro atoms. The number of benzene rings is 3. The molecule has 0 radical (unpaired) electrons. The van der Waals surface area contributed by atoms with E-state index in [9.17, 15) is 22.3 Å². The highest BCUT2D eigenvalue weighted by atomic mass is 32.2. The molecule has 3 heterocycles. The second-order valence-electron chi connectivity index (χ2n) is 10.2. The standard InChI is InChI=1S/C31H18F4N6O3S/c32-23-8-11-26-25(14-23)29-38-39-40-41(29)18-30(26,42)31(34,35)28-12-6-20(16-37-28)2-1-19-4-9-24(10-5-19)45(43,44)17-21-3-7-22(15-36)27(33)13-21/h3-14,16,42H,17-18H2. The third-order valence-electron chi connectivity index (χ3n) is 7.26. The summed E-state index contributed by atoms with van der Waals surface area (Å²) in [7, 11) is -3.83. The molecule has 1 aliphatic rings. The van der Waals surface area contributed by atoms with Crippen LogP contribution in [0.4, 0.5) is 17.6 Å². The minimum absolute atomic E-state index is 0.0233. The maximum atomic E-state index is 15.9. The molecule has 1 N–H and O–H groups in total. The fourth-order valence-electron chi connectivity index (χ4n) is 4.93. The van der Waals surface area contributed by atoms with E-state index in [-0.39, 0.29) is 38.5 Å². The summed E-state index contributed by atoms with van der Waals surface area (Å²) in [6, 6.07) is 16.2. The first kappa shape index (κ1) is 29.6. The Morgan fingerprint density at radius 1 is 0.978 bits per heavy atom. The molecule has 0 aliphatic carbocycles. The van der Waals surface area contributed by atoms with Gasteiger partial charge in [-0.15, -0.1) is 5.10 Å². The van der Waals surface area contributed by atoms with E-state index in [1.807, 2.05) is 0 Å². The first-order valence-electron chi connectivity index (χ1n) is 13.1. The van der Waals surface area contributed by atoms with E-state index < -0.39 is 51.0 Å². The summed E-state index contributed by atoms with van der Waals surface area (Å²) < 4.78 is 86.2. The van der Waals surface area contributed by atoms with E-state index in [0.717, 1.165) is 41.2 Å². The molecule has 9 nitrogen and oxygen atoms in total. The Hall–Kier alpha value is -5.44. The third kappa shape index (κ3) is 5.31. The van der Waals surface area contributed by atoms with Crippen LogP contribution in [-0.4, -0.2) is 38.7 Å². The van der Waals surface area contributed by atoms with Crippen LogP contribution in [0.25, 0.3) is 11.4 Å². The number of alkyl halides is 2. The number of nitriles is 1. The van der Waals surface area contributed by atoms with Crippen LogP contribution in [0.1, 0.15) is 33.5 Å². The van der Waals surface area contributed by atoms with Crippen LogP contribution >= 0.6 is 0 Å². The normalized spacial score (nSPS) is 15.7. The van der Waals surface area contributed by atoms with Gasteiger partial charge in [0.2, 0.25) is 0 Å². The van der Waals surface area contributed by atoms with Crippen molar-refractivity contribution in [3.05, 3.63) is 124 Å². The maximum Gasteiger partial charge on any atom is 0.323 e. The summed E-state index contributed by atoms with van der Waals surface area (Å²) in [4.78, 5) is 3.83. The van der Waals surface area contributed by atoms with Gasteiger partial charge < -0.3 is 5.11 Å². The van der Waals surface area contributed by atoms with Crippen molar-refractivity contribution in [3.8, 4) is 29.3 Å². The Balaban J connectivity index is 1.20. The van der Waals surface area contributed by atoms with Crippen molar-refractivity contribution in [2.75, 3.05) is 0 Å². The van der Waals surface area contributed by atoms with Crippen molar-refractivity contribution < 1.29 is 31.1 Å². The van der Waals surface area contributed by atoms with Crippen LogP contribution in [0, 0.1) is 34.8 Å². The van der Waals surface area contributed by atoms with Crippen molar-refractivity contribution in [1.82, 2.24) is 25.2 Å². The predicted molar refractivity (Wildman–Crippen MR) is 150 cm³/mol. The number of halogens is 4. The Bertz CT molecular complexity index is 2170. The van der Waals surface area contributed by atoms with Crippen molar-refractivity contribution in [2.24, 2.45) is 0 Å². The lowest BCUT2D eigenvalue weighted by Crippen LogP contribution is -2.49. The Labute approximate surface area is 253 Å². The van der Waals surface area contributed by atoms with Gasteiger partial charge in [-0.2, -0.15) is 14.0 Å². The smallest absolute Gasteiger partial charge is 0.323 e.